The van der Waals surface area contributed by atoms with Crippen molar-refractivity contribution in [1.29, 1.82) is 0 Å². The minimum atomic E-state index is -0.384. The molecule has 2 fully saturated rings. The number of rotatable bonds is 1. The van der Waals surface area contributed by atoms with Crippen LogP contribution in [0, 0.1) is 12.3 Å². The van der Waals surface area contributed by atoms with Crippen LogP contribution in [0.3, 0.4) is 0 Å². The van der Waals surface area contributed by atoms with Gasteiger partial charge in [0.25, 0.3) is 0 Å². The first kappa shape index (κ1) is 12.5. The third-order valence-corrected chi connectivity index (χ3v) is 4.57. The zero-order valence-electron chi connectivity index (χ0n) is 10.7. The molecule has 1 spiro atoms. The Kier molecular flexibility index (Phi) is 2.78. The van der Waals surface area contributed by atoms with E-state index in [1.165, 1.54) is 4.90 Å². The molecule has 1 heterocycles. The van der Waals surface area contributed by atoms with Crippen LogP contribution in [0.15, 0.2) is 18.2 Å². The van der Waals surface area contributed by atoms with Gasteiger partial charge in [0, 0.05) is 11.6 Å². The van der Waals surface area contributed by atoms with E-state index >= 15 is 0 Å². The minimum Gasteiger partial charge on any atom is -0.336 e. The predicted molar refractivity (Wildman–Crippen MR) is 73.4 cm³/mol. The maximum Gasteiger partial charge on any atom is 0.328 e. The molecule has 1 aromatic carbocycles. The van der Waals surface area contributed by atoms with E-state index in [4.69, 9.17) is 11.6 Å². The summed E-state index contributed by atoms with van der Waals surface area (Å²) in [6.07, 6.45) is 2.74. The van der Waals surface area contributed by atoms with Gasteiger partial charge in [0.15, 0.2) is 0 Å². The summed E-state index contributed by atoms with van der Waals surface area (Å²) in [5.41, 5.74) is 1.09. The van der Waals surface area contributed by atoms with E-state index in [9.17, 15) is 9.59 Å². The number of carbonyl (C=O) groups is 2. The number of anilines is 1. The summed E-state index contributed by atoms with van der Waals surface area (Å²) in [4.78, 5) is 25.8. The molecule has 3 amide bonds. The van der Waals surface area contributed by atoms with Crippen LogP contribution in [-0.4, -0.2) is 18.5 Å². The number of urea groups is 1. The molecule has 100 valence electrons. The first-order chi connectivity index (χ1) is 9.03. The smallest absolute Gasteiger partial charge is 0.328 e. The molecule has 1 aliphatic heterocycles. The lowest BCUT2D eigenvalue weighted by Crippen LogP contribution is -2.63. The van der Waals surface area contributed by atoms with Crippen molar-refractivity contribution in [3.05, 3.63) is 28.8 Å². The van der Waals surface area contributed by atoms with Crippen molar-refractivity contribution in [3.63, 3.8) is 0 Å². The number of imide groups is 1. The van der Waals surface area contributed by atoms with Gasteiger partial charge in [0.05, 0.1) is 11.1 Å². The zero-order valence-corrected chi connectivity index (χ0v) is 11.5. The normalized spacial score (nSPS) is 21.3. The van der Waals surface area contributed by atoms with Gasteiger partial charge in [-0.2, -0.15) is 0 Å². The second kappa shape index (κ2) is 4.23. The molecular formula is C14H15ClN2O2. The summed E-state index contributed by atoms with van der Waals surface area (Å²) in [5, 5.41) is 3.37. The van der Waals surface area contributed by atoms with Crippen LogP contribution in [0.2, 0.25) is 5.02 Å². The SMILES string of the molecule is Cc1ccc(N2C(=O)NCC3(CCC3)C2=O)cc1Cl. The Bertz CT molecular complexity index is 567. The highest BCUT2D eigenvalue weighted by molar-refractivity contribution is 6.32. The molecule has 1 aliphatic carbocycles. The molecular weight excluding hydrogens is 264 g/mol. The zero-order chi connectivity index (χ0) is 13.6. The third kappa shape index (κ3) is 1.82. The Balaban J connectivity index is 1.99. The molecule has 5 heteroatoms. The van der Waals surface area contributed by atoms with Gasteiger partial charge < -0.3 is 5.32 Å². The van der Waals surface area contributed by atoms with Crippen molar-refractivity contribution in [2.24, 2.45) is 5.41 Å². The summed E-state index contributed by atoms with van der Waals surface area (Å²) >= 11 is 6.08. The molecule has 1 saturated heterocycles. The molecule has 2 aliphatic rings. The van der Waals surface area contributed by atoms with Crippen LogP contribution in [0.5, 0.6) is 0 Å². The number of hydrogen-bond donors (Lipinski definition) is 1. The lowest BCUT2D eigenvalue weighted by Gasteiger charge is -2.46. The molecule has 0 unspecified atom stereocenters. The Labute approximate surface area is 116 Å². The van der Waals surface area contributed by atoms with Crippen molar-refractivity contribution in [3.8, 4) is 0 Å². The monoisotopic (exact) mass is 278 g/mol. The molecule has 19 heavy (non-hydrogen) atoms. The van der Waals surface area contributed by atoms with Gasteiger partial charge in [-0.3, -0.25) is 4.79 Å². The highest BCUT2D eigenvalue weighted by Crippen LogP contribution is 2.44. The van der Waals surface area contributed by atoms with Gasteiger partial charge in [0.1, 0.15) is 0 Å². The van der Waals surface area contributed by atoms with Gasteiger partial charge >= 0.3 is 6.03 Å². The van der Waals surface area contributed by atoms with Gasteiger partial charge in [0.2, 0.25) is 5.91 Å². The molecule has 4 nitrogen and oxygen atoms in total. The number of halogens is 1. The Morgan fingerprint density at radius 3 is 2.63 bits per heavy atom. The number of amides is 3. The van der Waals surface area contributed by atoms with E-state index in [-0.39, 0.29) is 17.4 Å². The van der Waals surface area contributed by atoms with Crippen LogP contribution < -0.4 is 10.2 Å². The van der Waals surface area contributed by atoms with E-state index in [0.29, 0.717) is 17.3 Å². The van der Waals surface area contributed by atoms with Gasteiger partial charge in [-0.1, -0.05) is 24.1 Å². The molecule has 1 saturated carbocycles. The standard InChI is InChI=1S/C14H15ClN2O2/c1-9-3-4-10(7-11(9)15)17-12(18)14(5-2-6-14)8-16-13(17)19/h3-4,7H,2,5-6,8H2,1H3,(H,16,19). The Hall–Kier alpha value is -1.55. The van der Waals surface area contributed by atoms with Crippen molar-refractivity contribution in [2.45, 2.75) is 26.2 Å². The molecule has 0 bridgehead atoms. The minimum absolute atomic E-state index is 0.0950. The number of carbonyl (C=O) groups excluding carboxylic acids is 2. The first-order valence-corrected chi connectivity index (χ1v) is 6.80. The fourth-order valence-electron chi connectivity index (χ4n) is 2.68. The topological polar surface area (TPSA) is 49.4 Å². The maximum absolute atomic E-state index is 12.6. The van der Waals surface area contributed by atoms with Crippen molar-refractivity contribution < 1.29 is 9.59 Å². The average molecular weight is 279 g/mol. The fraction of sp³-hybridized carbons (Fsp3) is 0.429. The van der Waals surface area contributed by atoms with Crippen LogP contribution >= 0.6 is 11.6 Å². The average Bonchev–Trinajstić information content (AvgIpc) is 2.32. The number of aryl methyl sites for hydroxylation is 1. The van der Waals surface area contributed by atoms with Crippen LogP contribution in [0.1, 0.15) is 24.8 Å². The number of benzene rings is 1. The molecule has 3 rings (SSSR count). The van der Waals surface area contributed by atoms with Gasteiger partial charge in [-0.05, 0) is 37.5 Å². The molecule has 0 aromatic heterocycles. The maximum atomic E-state index is 12.6. The summed E-state index contributed by atoms with van der Waals surface area (Å²) in [7, 11) is 0. The van der Waals surface area contributed by atoms with Crippen LogP contribution in [-0.2, 0) is 4.79 Å². The summed E-state index contributed by atoms with van der Waals surface area (Å²) in [5.74, 6) is -0.0950. The van der Waals surface area contributed by atoms with Crippen molar-refractivity contribution in [2.75, 3.05) is 11.4 Å². The van der Waals surface area contributed by atoms with E-state index in [2.05, 4.69) is 5.32 Å². The number of hydrogen-bond acceptors (Lipinski definition) is 2. The second-order valence-corrected chi connectivity index (χ2v) is 5.77. The van der Waals surface area contributed by atoms with E-state index in [1.807, 2.05) is 13.0 Å². The van der Waals surface area contributed by atoms with Crippen LogP contribution in [0.4, 0.5) is 10.5 Å². The van der Waals surface area contributed by atoms with Crippen LogP contribution in [0.25, 0.3) is 0 Å². The predicted octanol–water partition coefficient (Wildman–Crippen LogP) is 2.87. The summed E-state index contributed by atoms with van der Waals surface area (Å²) < 4.78 is 0. The van der Waals surface area contributed by atoms with E-state index in [1.54, 1.807) is 12.1 Å². The van der Waals surface area contributed by atoms with Gasteiger partial charge in [-0.25, -0.2) is 9.69 Å². The van der Waals surface area contributed by atoms with E-state index in [0.717, 1.165) is 24.8 Å². The molecule has 1 aromatic rings. The third-order valence-electron chi connectivity index (χ3n) is 4.16. The first-order valence-electron chi connectivity index (χ1n) is 6.42. The Morgan fingerprint density at radius 2 is 2.05 bits per heavy atom. The summed E-state index contributed by atoms with van der Waals surface area (Å²) in [6.45, 7) is 2.35. The van der Waals surface area contributed by atoms with E-state index < -0.39 is 0 Å². The fourth-order valence-corrected chi connectivity index (χ4v) is 2.85. The summed E-state index contributed by atoms with van der Waals surface area (Å²) in [6, 6.07) is 4.89. The van der Waals surface area contributed by atoms with Gasteiger partial charge in [-0.15, -0.1) is 0 Å². The lowest BCUT2D eigenvalue weighted by atomic mass is 9.67. The molecule has 1 N–H and O–H groups in total. The largest absolute Gasteiger partial charge is 0.336 e. The Morgan fingerprint density at radius 1 is 1.32 bits per heavy atom. The number of nitrogens with zero attached hydrogens (tertiary/aromatic N) is 1. The van der Waals surface area contributed by atoms with Crippen molar-refractivity contribution in [1.82, 2.24) is 5.32 Å². The van der Waals surface area contributed by atoms with Crippen molar-refractivity contribution >= 4 is 29.2 Å². The quantitative estimate of drug-likeness (QED) is 0.859. The highest BCUT2D eigenvalue weighted by atomic mass is 35.5. The molecule has 0 radical (unpaired) electrons. The molecule has 0 atom stereocenters. The second-order valence-electron chi connectivity index (χ2n) is 5.37. The highest BCUT2D eigenvalue weighted by Gasteiger charge is 2.51. The lowest BCUT2D eigenvalue weighted by molar-refractivity contribution is -0.132. The number of nitrogens with one attached hydrogen (secondary N) is 1.